The van der Waals surface area contributed by atoms with E-state index in [1.807, 2.05) is 0 Å². The summed E-state index contributed by atoms with van der Waals surface area (Å²) in [6.07, 6.45) is 2.46. The van der Waals surface area contributed by atoms with Gasteiger partial charge in [-0.05, 0) is 13.3 Å². The van der Waals surface area contributed by atoms with E-state index in [9.17, 15) is 0 Å². The van der Waals surface area contributed by atoms with Gasteiger partial charge in [0.2, 0.25) is 0 Å². The number of nitrogens with two attached hydrogens (primary N) is 1. The number of hydrogen-bond acceptors (Lipinski definition) is 3. The first-order valence-corrected chi connectivity index (χ1v) is 6.41. The summed E-state index contributed by atoms with van der Waals surface area (Å²) in [6.45, 7) is 7.79. The molecule has 2 nitrogen and oxygen atoms in total. The third-order valence-corrected chi connectivity index (χ3v) is 3.95. The molecule has 1 heterocycles. The van der Waals surface area contributed by atoms with Gasteiger partial charge in [0.05, 0.1) is 0 Å². The average Bonchev–Trinajstić information content (AvgIpc) is 2.19. The van der Waals surface area contributed by atoms with Gasteiger partial charge in [0.25, 0.3) is 0 Å². The summed E-state index contributed by atoms with van der Waals surface area (Å²) in [4.78, 5) is 2.58. The molecule has 78 valence electrons. The van der Waals surface area contributed by atoms with Crippen molar-refractivity contribution in [3.8, 4) is 0 Å². The van der Waals surface area contributed by atoms with E-state index in [0.29, 0.717) is 0 Å². The van der Waals surface area contributed by atoms with Gasteiger partial charge in [-0.2, -0.15) is 11.8 Å². The van der Waals surface area contributed by atoms with Crippen molar-refractivity contribution in [3.05, 3.63) is 0 Å². The third kappa shape index (κ3) is 2.86. The molecule has 0 bridgehead atoms. The predicted octanol–water partition coefficient (Wildman–Crippen LogP) is 1.55. The van der Waals surface area contributed by atoms with Gasteiger partial charge in [-0.3, -0.25) is 4.90 Å². The maximum absolute atomic E-state index is 5.88. The van der Waals surface area contributed by atoms with Crippen molar-refractivity contribution in [1.29, 1.82) is 0 Å². The Morgan fingerprint density at radius 1 is 1.38 bits per heavy atom. The van der Waals surface area contributed by atoms with Crippen LogP contribution in [0.3, 0.4) is 0 Å². The predicted molar refractivity (Wildman–Crippen MR) is 61.3 cm³/mol. The minimum atomic E-state index is 0.260. The molecule has 0 aromatic carbocycles. The van der Waals surface area contributed by atoms with Crippen molar-refractivity contribution < 1.29 is 0 Å². The smallest absolute Gasteiger partial charge is 0.0304 e. The van der Waals surface area contributed by atoms with Gasteiger partial charge in [-0.1, -0.05) is 13.3 Å². The molecule has 1 saturated heterocycles. The van der Waals surface area contributed by atoms with Crippen molar-refractivity contribution in [3.63, 3.8) is 0 Å². The molecule has 13 heavy (non-hydrogen) atoms. The first-order valence-electron chi connectivity index (χ1n) is 5.26. The van der Waals surface area contributed by atoms with Crippen LogP contribution in [-0.4, -0.2) is 41.6 Å². The van der Waals surface area contributed by atoms with E-state index in [1.54, 1.807) is 0 Å². The van der Waals surface area contributed by atoms with Gasteiger partial charge in [0.1, 0.15) is 0 Å². The zero-order chi connectivity index (χ0) is 9.73. The summed E-state index contributed by atoms with van der Waals surface area (Å²) in [5.41, 5.74) is 6.14. The largest absolute Gasteiger partial charge is 0.329 e. The summed E-state index contributed by atoms with van der Waals surface area (Å²) >= 11 is 2.06. The maximum atomic E-state index is 5.88. The number of rotatable bonds is 4. The highest BCUT2D eigenvalue weighted by Gasteiger charge is 2.30. The lowest BCUT2D eigenvalue weighted by molar-refractivity contribution is 0.113. The summed E-state index contributed by atoms with van der Waals surface area (Å²) in [6, 6.07) is 0. The molecular weight excluding hydrogens is 180 g/mol. The lowest BCUT2D eigenvalue weighted by atomic mass is 9.94. The van der Waals surface area contributed by atoms with Crippen molar-refractivity contribution in [2.75, 3.05) is 31.1 Å². The van der Waals surface area contributed by atoms with E-state index in [-0.39, 0.29) is 5.54 Å². The summed E-state index contributed by atoms with van der Waals surface area (Å²) in [7, 11) is 0. The van der Waals surface area contributed by atoms with Crippen LogP contribution in [0.4, 0.5) is 0 Å². The van der Waals surface area contributed by atoms with Crippen LogP contribution >= 0.6 is 11.8 Å². The van der Waals surface area contributed by atoms with Crippen LogP contribution in [0.2, 0.25) is 0 Å². The lowest BCUT2D eigenvalue weighted by Crippen LogP contribution is -2.54. The molecule has 0 aromatic heterocycles. The van der Waals surface area contributed by atoms with Crippen LogP contribution in [0.1, 0.15) is 26.7 Å². The Morgan fingerprint density at radius 2 is 2.00 bits per heavy atom. The second kappa shape index (κ2) is 5.23. The first-order chi connectivity index (χ1) is 6.23. The molecule has 1 unspecified atom stereocenters. The molecule has 0 amide bonds. The normalized spacial score (nSPS) is 24.2. The fraction of sp³-hybridized carbons (Fsp3) is 1.00. The van der Waals surface area contributed by atoms with E-state index in [0.717, 1.165) is 6.54 Å². The summed E-state index contributed by atoms with van der Waals surface area (Å²) in [5, 5.41) is 0. The Kier molecular flexibility index (Phi) is 4.56. The highest BCUT2D eigenvalue weighted by Crippen LogP contribution is 2.23. The average molecular weight is 202 g/mol. The molecular formula is C10H22N2S. The summed E-state index contributed by atoms with van der Waals surface area (Å²) in [5.74, 6) is 2.55. The molecule has 0 spiro atoms. The topological polar surface area (TPSA) is 29.3 Å². The molecule has 1 rings (SSSR count). The Bertz CT molecular complexity index is 146. The zero-order valence-electron chi connectivity index (χ0n) is 8.88. The molecule has 0 aliphatic carbocycles. The molecule has 3 heteroatoms. The summed E-state index contributed by atoms with van der Waals surface area (Å²) < 4.78 is 0. The van der Waals surface area contributed by atoms with Gasteiger partial charge in [-0.25, -0.2) is 0 Å². The molecule has 1 aliphatic heterocycles. The van der Waals surface area contributed by atoms with E-state index in [1.165, 1.54) is 37.4 Å². The van der Waals surface area contributed by atoms with Gasteiger partial charge < -0.3 is 5.73 Å². The quantitative estimate of drug-likeness (QED) is 0.750. The Labute approximate surface area is 86.2 Å². The Hall–Kier alpha value is 0.270. The Morgan fingerprint density at radius 3 is 2.46 bits per heavy atom. The number of hydrogen-bond donors (Lipinski definition) is 1. The second-order valence-corrected chi connectivity index (χ2v) is 5.28. The van der Waals surface area contributed by atoms with Crippen molar-refractivity contribution in [2.24, 2.45) is 5.73 Å². The number of nitrogens with zero attached hydrogens (tertiary/aromatic N) is 1. The minimum absolute atomic E-state index is 0.260. The van der Waals surface area contributed by atoms with Crippen LogP contribution in [-0.2, 0) is 0 Å². The fourth-order valence-corrected chi connectivity index (χ4v) is 2.93. The second-order valence-electron chi connectivity index (χ2n) is 4.05. The Balaban J connectivity index is 2.51. The van der Waals surface area contributed by atoms with E-state index in [2.05, 4.69) is 30.5 Å². The van der Waals surface area contributed by atoms with Crippen LogP contribution < -0.4 is 5.73 Å². The molecule has 1 aliphatic rings. The molecule has 1 atom stereocenters. The highest BCUT2D eigenvalue weighted by atomic mass is 32.2. The monoisotopic (exact) mass is 202 g/mol. The molecule has 0 aromatic rings. The van der Waals surface area contributed by atoms with Crippen molar-refractivity contribution >= 4 is 11.8 Å². The van der Waals surface area contributed by atoms with Crippen LogP contribution in [0.5, 0.6) is 0 Å². The van der Waals surface area contributed by atoms with Gasteiger partial charge in [-0.15, -0.1) is 0 Å². The molecule has 1 fully saturated rings. The van der Waals surface area contributed by atoms with E-state index >= 15 is 0 Å². The van der Waals surface area contributed by atoms with Gasteiger partial charge >= 0.3 is 0 Å². The van der Waals surface area contributed by atoms with E-state index in [4.69, 9.17) is 5.73 Å². The standard InChI is InChI=1S/C10H22N2S/c1-3-4-10(2,9-11)12-5-7-13-8-6-12/h3-9,11H2,1-2H3. The van der Waals surface area contributed by atoms with Crippen LogP contribution in [0, 0.1) is 0 Å². The fourth-order valence-electron chi connectivity index (χ4n) is 2.03. The molecule has 0 radical (unpaired) electrons. The van der Waals surface area contributed by atoms with E-state index < -0.39 is 0 Å². The number of thioether (sulfide) groups is 1. The third-order valence-electron chi connectivity index (χ3n) is 3.00. The highest BCUT2D eigenvalue weighted by molar-refractivity contribution is 7.99. The van der Waals surface area contributed by atoms with Gasteiger partial charge in [0.15, 0.2) is 0 Å². The molecule has 0 saturated carbocycles. The molecule has 2 N–H and O–H groups in total. The van der Waals surface area contributed by atoms with Crippen molar-refractivity contribution in [1.82, 2.24) is 4.90 Å². The SMILES string of the molecule is CCCC(C)(CN)N1CCSCC1. The van der Waals surface area contributed by atoms with Crippen molar-refractivity contribution in [2.45, 2.75) is 32.2 Å². The van der Waals surface area contributed by atoms with Crippen LogP contribution in [0.15, 0.2) is 0 Å². The van der Waals surface area contributed by atoms with Gasteiger partial charge in [0, 0.05) is 36.7 Å². The lowest BCUT2D eigenvalue weighted by Gasteiger charge is -2.42. The van der Waals surface area contributed by atoms with Crippen LogP contribution in [0.25, 0.3) is 0 Å². The first kappa shape index (κ1) is 11.3. The minimum Gasteiger partial charge on any atom is -0.329 e. The maximum Gasteiger partial charge on any atom is 0.0304 e. The zero-order valence-corrected chi connectivity index (χ0v) is 9.70.